The molecule has 2 aromatic heterocycles. The summed E-state index contributed by atoms with van der Waals surface area (Å²) in [4.78, 5) is 14.7. The number of thiazole rings is 1. The zero-order chi connectivity index (χ0) is 11.4. The first-order valence-electron chi connectivity index (χ1n) is 4.69. The standard InChI is InChI=1S/C10H10N2O2S2/c13-9(14)2-1-7-6-16-10(11-7)12-8-3-4-15-5-8/h3-6H,1-2H2,(H,11,12)(H,13,14). The van der Waals surface area contributed by atoms with Crippen LogP contribution in [0.4, 0.5) is 10.8 Å². The van der Waals surface area contributed by atoms with Gasteiger partial charge in [-0.05, 0) is 11.4 Å². The number of carboxylic acids is 1. The first-order chi connectivity index (χ1) is 7.74. The lowest BCUT2D eigenvalue weighted by atomic mass is 10.2. The van der Waals surface area contributed by atoms with Crippen LogP contribution in [0.1, 0.15) is 12.1 Å². The van der Waals surface area contributed by atoms with Gasteiger partial charge >= 0.3 is 5.97 Å². The van der Waals surface area contributed by atoms with E-state index in [-0.39, 0.29) is 6.42 Å². The van der Waals surface area contributed by atoms with E-state index in [1.807, 2.05) is 22.2 Å². The summed E-state index contributed by atoms with van der Waals surface area (Å²) in [5.41, 5.74) is 1.84. The average Bonchev–Trinajstić information content (AvgIpc) is 2.87. The van der Waals surface area contributed by atoms with Crippen molar-refractivity contribution in [3.63, 3.8) is 0 Å². The number of nitrogens with zero attached hydrogens (tertiary/aromatic N) is 1. The van der Waals surface area contributed by atoms with E-state index in [9.17, 15) is 4.79 Å². The van der Waals surface area contributed by atoms with Gasteiger partial charge in [0.1, 0.15) is 0 Å². The summed E-state index contributed by atoms with van der Waals surface area (Å²) in [6.07, 6.45) is 0.610. The third kappa shape index (κ3) is 3.04. The Labute approximate surface area is 101 Å². The number of nitrogens with one attached hydrogen (secondary N) is 1. The number of hydrogen-bond donors (Lipinski definition) is 2. The van der Waals surface area contributed by atoms with Gasteiger partial charge in [-0.25, -0.2) is 4.98 Å². The van der Waals surface area contributed by atoms with E-state index < -0.39 is 5.97 Å². The fourth-order valence-electron chi connectivity index (χ4n) is 1.17. The second-order valence-electron chi connectivity index (χ2n) is 3.17. The molecule has 0 unspecified atom stereocenters. The van der Waals surface area contributed by atoms with Gasteiger partial charge in [0.05, 0.1) is 17.8 Å². The maximum absolute atomic E-state index is 10.4. The first-order valence-corrected chi connectivity index (χ1v) is 6.52. The molecule has 0 aliphatic heterocycles. The molecule has 2 aromatic rings. The van der Waals surface area contributed by atoms with Gasteiger partial charge in [0.15, 0.2) is 5.13 Å². The van der Waals surface area contributed by atoms with E-state index in [4.69, 9.17) is 5.11 Å². The zero-order valence-electron chi connectivity index (χ0n) is 8.34. The van der Waals surface area contributed by atoms with Gasteiger partial charge in [0.25, 0.3) is 0 Å². The van der Waals surface area contributed by atoms with Crippen molar-refractivity contribution in [1.29, 1.82) is 0 Å². The highest BCUT2D eigenvalue weighted by Gasteiger charge is 2.04. The normalized spacial score (nSPS) is 10.2. The molecule has 0 saturated carbocycles. The average molecular weight is 254 g/mol. The minimum atomic E-state index is -0.791. The van der Waals surface area contributed by atoms with Crippen molar-refractivity contribution >= 4 is 39.5 Å². The van der Waals surface area contributed by atoms with Crippen LogP contribution in [0, 0.1) is 0 Å². The number of hydrogen-bond acceptors (Lipinski definition) is 5. The first kappa shape index (κ1) is 11.1. The van der Waals surface area contributed by atoms with Gasteiger partial charge in [0.2, 0.25) is 0 Å². The predicted octanol–water partition coefficient (Wildman–Crippen LogP) is 2.97. The summed E-state index contributed by atoms with van der Waals surface area (Å²) in [5.74, 6) is -0.791. The molecule has 84 valence electrons. The smallest absolute Gasteiger partial charge is 0.303 e. The molecule has 0 aliphatic carbocycles. The summed E-state index contributed by atoms with van der Waals surface area (Å²) in [6, 6.07) is 1.98. The summed E-state index contributed by atoms with van der Waals surface area (Å²) in [7, 11) is 0. The molecule has 2 N–H and O–H groups in total. The minimum Gasteiger partial charge on any atom is -0.481 e. The van der Waals surface area contributed by atoms with Crippen molar-refractivity contribution < 1.29 is 9.90 Å². The molecule has 2 rings (SSSR count). The Hall–Kier alpha value is -1.40. The van der Waals surface area contributed by atoms with Crippen LogP contribution >= 0.6 is 22.7 Å². The second-order valence-corrected chi connectivity index (χ2v) is 4.81. The number of carbonyl (C=O) groups is 1. The highest BCUT2D eigenvalue weighted by molar-refractivity contribution is 7.13. The molecular weight excluding hydrogens is 244 g/mol. The highest BCUT2D eigenvalue weighted by atomic mass is 32.1. The van der Waals surface area contributed by atoms with E-state index in [1.54, 1.807) is 11.3 Å². The second kappa shape index (κ2) is 5.09. The molecule has 0 aromatic carbocycles. The fourth-order valence-corrected chi connectivity index (χ4v) is 2.53. The van der Waals surface area contributed by atoms with Crippen LogP contribution in [0.3, 0.4) is 0 Å². The Morgan fingerprint density at radius 1 is 1.50 bits per heavy atom. The van der Waals surface area contributed by atoms with Crippen molar-refractivity contribution in [2.75, 3.05) is 5.32 Å². The van der Waals surface area contributed by atoms with Crippen molar-refractivity contribution in [1.82, 2.24) is 4.98 Å². The van der Waals surface area contributed by atoms with Gasteiger partial charge < -0.3 is 10.4 Å². The van der Waals surface area contributed by atoms with E-state index in [1.165, 1.54) is 11.3 Å². The topological polar surface area (TPSA) is 62.2 Å². The lowest BCUT2D eigenvalue weighted by Crippen LogP contribution is -1.97. The molecule has 2 heterocycles. The molecule has 6 heteroatoms. The van der Waals surface area contributed by atoms with Crippen LogP contribution in [0.5, 0.6) is 0 Å². The number of aromatic nitrogens is 1. The molecule has 0 amide bonds. The Kier molecular flexibility index (Phi) is 3.53. The highest BCUT2D eigenvalue weighted by Crippen LogP contribution is 2.22. The molecule has 16 heavy (non-hydrogen) atoms. The largest absolute Gasteiger partial charge is 0.481 e. The molecule has 0 saturated heterocycles. The van der Waals surface area contributed by atoms with Crippen molar-refractivity contribution in [2.24, 2.45) is 0 Å². The van der Waals surface area contributed by atoms with Gasteiger partial charge in [-0.2, -0.15) is 11.3 Å². The molecule has 0 spiro atoms. The maximum Gasteiger partial charge on any atom is 0.303 e. The van der Waals surface area contributed by atoms with Crippen LogP contribution < -0.4 is 5.32 Å². The van der Waals surface area contributed by atoms with Crippen molar-refractivity contribution in [2.45, 2.75) is 12.8 Å². The molecular formula is C10H10N2O2S2. The van der Waals surface area contributed by atoms with E-state index in [0.717, 1.165) is 16.5 Å². The minimum absolute atomic E-state index is 0.127. The molecule has 0 aliphatic rings. The lowest BCUT2D eigenvalue weighted by molar-refractivity contribution is -0.136. The van der Waals surface area contributed by atoms with Crippen LogP contribution in [-0.4, -0.2) is 16.1 Å². The molecule has 0 radical (unpaired) electrons. The Morgan fingerprint density at radius 3 is 3.06 bits per heavy atom. The quantitative estimate of drug-likeness (QED) is 0.861. The number of anilines is 2. The number of aliphatic carboxylic acids is 1. The van der Waals surface area contributed by atoms with Gasteiger partial charge in [-0.1, -0.05) is 0 Å². The molecule has 0 atom stereocenters. The van der Waals surface area contributed by atoms with Crippen LogP contribution in [0.25, 0.3) is 0 Å². The van der Waals surface area contributed by atoms with Gasteiger partial charge in [-0.3, -0.25) is 4.79 Å². The van der Waals surface area contributed by atoms with E-state index >= 15 is 0 Å². The van der Waals surface area contributed by atoms with Crippen molar-refractivity contribution in [3.05, 3.63) is 27.9 Å². The van der Waals surface area contributed by atoms with Crippen molar-refractivity contribution in [3.8, 4) is 0 Å². The maximum atomic E-state index is 10.4. The third-order valence-electron chi connectivity index (χ3n) is 1.92. The molecule has 4 nitrogen and oxygen atoms in total. The monoisotopic (exact) mass is 254 g/mol. The van der Waals surface area contributed by atoms with E-state index in [2.05, 4.69) is 10.3 Å². The fraction of sp³-hybridized carbons (Fsp3) is 0.200. The number of aryl methyl sites for hydroxylation is 1. The van der Waals surface area contributed by atoms with Gasteiger partial charge in [-0.15, -0.1) is 11.3 Å². The molecule has 0 bridgehead atoms. The van der Waals surface area contributed by atoms with Gasteiger partial charge in [0, 0.05) is 17.2 Å². The van der Waals surface area contributed by atoms with Crippen LogP contribution in [-0.2, 0) is 11.2 Å². The number of rotatable bonds is 5. The molecule has 0 fully saturated rings. The SMILES string of the molecule is O=C(O)CCc1csc(Nc2ccsc2)n1. The Balaban J connectivity index is 1.94. The summed E-state index contributed by atoms with van der Waals surface area (Å²) < 4.78 is 0. The predicted molar refractivity (Wildman–Crippen MR) is 65.7 cm³/mol. The van der Waals surface area contributed by atoms with Crippen LogP contribution in [0.2, 0.25) is 0 Å². The lowest BCUT2D eigenvalue weighted by Gasteiger charge is -1.96. The van der Waals surface area contributed by atoms with Crippen LogP contribution in [0.15, 0.2) is 22.2 Å². The Bertz CT molecular complexity index is 465. The zero-order valence-corrected chi connectivity index (χ0v) is 9.98. The summed E-state index contributed by atoms with van der Waals surface area (Å²) >= 11 is 3.11. The van der Waals surface area contributed by atoms with E-state index in [0.29, 0.717) is 6.42 Å². The number of carboxylic acid groups (broad SMARTS) is 1. The summed E-state index contributed by atoms with van der Waals surface area (Å²) in [5, 5.41) is 18.4. The third-order valence-corrected chi connectivity index (χ3v) is 3.41. The Morgan fingerprint density at radius 2 is 2.38 bits per heavy atom. The summed E-state index contributed by atoms with van der Waals surface area (Å²) in [6.45, 7) is 0. The number of thiophene rings is 1.